The van der Waals surface area contributed by atoms with Crippen LogP contribution in [0.25, 0.3) is 11.8 Å². The van der Waals surface area contributed by atoms with Crippen molar-refractivity contribution in [2.75, 3.05) is 25.5 Å². The van der Waals surface area contributed by atoms with Gasteiger partial charge < -0.3 is 15.1 Å². The molecule has 0 aromatic heterocycles. The van der Waals surface area contributed by atoms with Gasteiger partial charge in [-0.2, -0.15) is 0 Å². The minimum Gasteiger partial charge on any atom is -0.378 e. The molecule has 0 radical (unpaired) electrons. The molecule has 0 bridgehead atoms. The van der Waals surface area contributed by atoms with Gasteiger partial charge in [0.05, 0.1) is 11.7 Å². The van der Waals surface area contributed by atoms with E-state index in [0.29, 0.717) is 0 Å². The molecule has 2 aromatic rings. The van der Waals surface area contributed by atoms with Crippen molar-refractivity contribution < 1.29 is 0 Å². The summed E-state index contributed by atoms with van der Waals surface area (Å²) in [5.41, 5.74) is 7.80. The lowest BCUT2D eigenvalue weighted by molar-refractivity contribution is 0.316. The normalized spacial score (nSPS) is 17.3. The Hall–Kier alpha value is -3.01. The van der Waals surface area contributed by atoms with Crippen molar-refractivity contribution in [2.24, 2.45) is 4.99 Å². The van der Waals surface area contributed by atoms with Crippen molar-refractivity contribution in [2.45, 2.75) is 39.2 Å². The Morgan fingerprint density at radius 3 is 2.60 bits per heavy atom. The molecule has 0 amide bonds. The van der Waals surface area contributed by atoms with E-state index in [1.807, 2.05) is 12.1 Å². The minimum atomic E-state index is 0.0994. The zero-order valence-corrected chi connectivity index (χ0v) is 18.4. The molecular formula is C26H32N4. The molecule has 30 heavy (non-hydrogen) atoms. The van der Waals surface area contributed by atoms with Crippen LogP contribution in [-0.2, 0) is 0 Å². The summed E-state index contributed by atoms with van der Waals surface area (Å²) in [4.78, 5) is 9.76. The molecule has 4 nitrogen and oxygen atoms in total. The number of likely N-dealkylation sites (tertiary alicyclic amines) is 1. The number of rotatable bonds is 4. The summed E-state index contributed by atoms with van der Waals surface area (Å²) in [7, 11) is 2.09. The Labute approximate surface area is 180 Å². The fraction of sp³-hybridized carbons (Fsp3) is 0.346. The van der Waals surface area contributed by atoms with E-state index >= 15 is 0 Å². The van der Waals surface area contributed by atoms with E-state index in [4.69, 9.17) is 4.99 Å². The second-order valence-corrected chi connectivity index (χ2v) is 8.37. The summed E-state index contributed by atoms with van der Waals surface area (Å²) in [6.45, 7) is 14.8. The van der Waals surface area contributed by atoms with Gasteiger partial charge in [-0.15, -0.1) is 0 Å². The minimum absolute atomic E-state index is 0.0994. The number of para-hydroxylation sites is 1. The molecule has 2 heterocycles. The van der Waals surface area contributed by atoms with Crippen molar-refractivity contribution in [3.05, 3.63) is 71.8 Å². The quantitative estimate of drug-likeness (QED) is 0.663. The van der Waals surface area contributed by atoms with Crippen LogP contribution in [-0.4, -0.2) is 35.9 Å². The highest BCUT2D eigenvalue weighted by molar-refractivity contribution is 5.97. The van der Waals surface area contributed by atoms with E-state index in [1.54, 1.807) is 0 Å². The van der Waals surface area contributed by atoms with E-state index in [2.05, 4.69) is 79.5 Å². The molecule has 1 atom stereocenters. The van der Waals surface area contributed by atoms with Gasteiger partial charge in [-0.05, 0) is 56.4 Å². The second-order valence-electron chi connectivity index (χ2n) is 8.37. The molecule has 2 aliphatic heterocycles. The van der Waals surface area contributed by atoms with Gasteiger partial charge in [0.15, 0.2) is 0 Å². The number of hydrogen-bond donors (Lipinski definition) is 1. The number of piperidine rings is 1. The first-order valence-electron chi connectivity index (χ1n) is 10.9. The zero-order chi connectivity index (χ0) is 21.3. The molecule has 2 aromatic carbocycles. The maximum atomic E-state index is 5.19. The Morgan fingerprint density at radius 2 is 1.87 bits per heavy atom. The molecular weight excluding hydrogens is 368 g/mol. The SMILES string of the molecule is C=Cc1ccccc1NC(C)c1cc(C)cc2c1N=C(N1CCCCC1)N(C)C2=C. The smallest absolute Gasteiger partial charge is 0.206 e. The summed E-state index contributed by atoms with van der Waals surface area (Å²) < 4.78 is 0. The number of aryl methyl sites for hydroxylation is 1. The van der Waals surface area contributed by atoms with Gasteiger partial charge in [-0.3, -0.25) is 0 Å². The first-order valence-corrected chi connectivity index (χ1v) is 10.9. The van der Waals surface area contributed by atoms with Gasteiger partial charge in [0.1, 0.15) is 0 Å². The molecule has 0 aliphatic carbocycles. The van der Waals surface area contributed by atoms with Crippen LogP contribution < -0.4 is 5.32 Å². The van der Waals surface area contributed by atoms with Crippen LogP contribution in [0.4, 0.5) is 11.4 Å². The first kappa shape index (κ1) is 20.3. The van der Waals surface area contributed by atoms with Crippen LogP contribution >= 0.6 is 0 Å². The molecule has 1 saturated heterocycles. The van der Waals surface area contributed by atoms with E-state index in [0.717, 1.165) is 47.2 Å². The molecule has 0 spiro atoms. The Kier molecular flexibility index (Phi) is 5.67. The number of nitrogens with one attached hydrogen (secondary N) is 1. The van der Waals surface area contributed by atoms with E-state index in [1.165, 1.54) is 30.4 Å². The molecule has 156 valence electrons. The highest BCUT2D eigenvalue weighted by atomic mass is 15.4. The van der Waals surface area contributed by atoms with Gasteiger partial charge in [-0.1, -0.05) is 43.5 Å². The third-order valence-corrected chi connectivity index (χ3v) is 6.17. The number of hydrogen-bond acceptors (Lipinski definition) is 4. The molecule has 1 unspecified atom stereocenters. The molecule has 4 rings (SSSR count). The number of anilines is 1. The predicted molar refractivity (Wildman–Crippen MR) is 129 cm³/mol. The summed E-state index contributed by atoms with van der Waals surface area (Å²) in [6, 6.07) is 12.8. The monoisotopic (exact) mass is 400 g/mol. The van der Waals surface area contributed by atoms with Gasteiger partial charge in [0.25, 0.3) is 0 Å². The van der Waals surface area contributed by atoms with Gasteiger partial charge >= 0.3 is 0 Å². The van der Waals surface area contributed by atoms with Crippen molar-refractivity contribution >= 4 is 29.1 Å². The average molecular weight is 401 g/mol. The van der Waals surface area contributed by atoms with Gasteiger partial charge in [-0.25, -0.2) is 4.99 Å². The van der Waals surface area contributed by atoms with Crippen LogP contribution in [0.3, 0.4) is 0 Å². The average Bonchev–Trinajstić information content (AvgIpc) is 2.77. The number of nitrogens with zero attached hydrogens (tertiary/aromatic N) is 3. The Morgan fingerprint density at radius 1 is 1.13 bits per heavy atom. The summed E-state index contributed by atoms with van der Waals surface area (Å²) in [6.07, 6.45) is 5.65. The van der Waals surface area contributed by atoms with E-state index < -0.39 is 0 Å². The van der Waals surface area contributed by atoms with Crippen molar-refractivity contribution in [1.82, 2.24) is 9.80 Å². The van der Waals surface area contributed by atoms with Gasteiger partial charge in [0, 0.05) is 42.6 Å². The summed E-state index contributed by atoms with van der Waals surface area (Å²) >= 11 is 0. The maximum absolute atomic E-state index is 5.19. The highest BCUT2D eigenvalue weighted by Gasteiger charge is 2.28. The predicted octanol–water partition coefficient (Wildman–Crippen LogP) is 6.20. The standard InChI is InChI=1S/C26H32N4/c1-6-21-12-8-9-13-24(21)27-19(3)22-16-18(2)17-23-20(4)29(5)26(28-25(22)23)30-14-10-7-11-15-30/h6,8-9,12-13,16-17,19,27H,1,4,7,10-11,14-15H2,2-3,5H3. The third-order valence-electron chi connectivity index (χ3n) is 6.17. The van der Waals surface area contributed by atoms with Crippen molar-refractivity contribution in [3.8, 4) is 0 Å². The molecule has 1 N–H and O–H groups in total. The van der Waals surface area contributed by atoms with E-state index in [-0.39, 0.29) is 6.04 Å². The van der Waals surface area contributed by atoms with Crippen LogP contribution in [0.5, 0.6) is 0 Å². The topological polar surface area (TPSA) is 30.9 Å². The third kappa shape index (κ3) is 3.74. The molecule has 2 aliphatic rings. The number of guanidine groups is 1. The zero-order valence-electron chi connectivity index (χ0n) is 18.4. The Balaban J connectivity index is 1.76. The lowest BCUT2D eigenvalue weighted by Gasteiger charge is -2.38. The van der Waals surface area contributed by atoms with E-state index in [9.17, 15) is 0 Å². The highest BCUT2D eigenvalue weighted by Crippen LogP contribution is 2.40. The molecule has 1 fully saturated rings. The summed E-state index contributed by atoms with van der Waals surface area (Å²) in [5, 5.41) is 3.68. The van der Waals surface area contributed by atoms with Crippen LogP contribution in [0, 0.1) is 6.92 Å². The van der Waals surface area contributed by atoms with Gasteiger partial charge in [0.2, 0.25) is 5.96 Å². The molecule has 0 saturated carbocycles. The number of aliphatic imine (C=N–C) groups is 1. The number of benzene rings is 2. The number of fused-ring (bicyclic) bond motifs is 1. The lowest BCUT2D eigenvalue weighted by Crippen LogP contribution is -2.45. The first-order chi connectivity index (χ1) is 14.5. The van der Waals surface area contributed by atoms with Crippen molar-refractivity contribution in [1.29, 1.82) is 0 Å². The Bertz CT molecular complexity index is 998. The van der Waals surface area contributed by atoms with Crippen LogP contribution in [0.15, 0.2) is 54.5 Å². The van der Waals surface area contributed by atoms with Crippen LogP contribution in [0.2, 0.25) is 0 Å². The summed E-state index contributed by atoms with van der Waals surface area (Å²) in [5.74, 6) is 1.02. The fourth-order valence-corrected chi connectivity index (χ4v) is 4.45. The second kappa shape index (κ2) is 8.39. The van der Waals surface area contributed by atoms with Crippen molar-refractivity contribution in [3.63, 3.8) is 0 Å². The molecule has 4 heteroatoms. The van der Waals surface area contributed by atoms with Crippen LogP contribution in [0.1, 0.15) is 54.5 Å². The fourth-order valence-electron chi connectivity index (χ4n) is 4.45. The largest absolute Gasteiger partial charge is 0.378 e. The maximum Gasteiger partial charge on any atom is 0.206 e. The lowest BCUT2D eigenvalue weighted by atomic mass is 9.95.